The summed E-state index contributed by atoms with van der Waals surface area (Å²) in [5.41, 5.74) is 0. The van der Waals surface area contributed by atoms with Gasteiger partial charge in [0.1, 0.15) is 0 Å². The molecule has 0 aliphatic heterocycles. The Bertz CT molecular complexity index is 395. The fourth-order valence-corrected chi connectivity index (χ4v) is 4.47. The number of hydrogen-bond donors (Lipinski definition) is 0. The zero-order valence-corrected chi connectivity index (χ0v) is 12.6. The minimum absolute atomic E-state index is 0.403. The predicted octanol–water partition coefficient (Wildman–Crippen LogP) is 0.626. The van der Waals surface area contributed by atoms with Gasteiger partial charge in [-0.3, -0.25) is 4.79 Å². The van der Waals surface area contributed by atoms with Crippen molar-refractivity contribution in [1.82, 2.24) is 4.31 Å². The molecule has 0 aromatic carbocycles. The number of carbonyl (C=O) groups excluding carboxylic acids is 1. The van der Waals surface area contributed by atoms with Gasteiger partial charge in [-0.1, -0.05) is 6.42 Å². The Balaban J connectivity index is 2.72. The highest BCUT2D eigenvalue weighted by molar-refractivity contribution is 7.89. The third kappa shape index (κ3) is 3.90. The van der Waals surface area contributed by atoms with Crippen LogP contribution in [0.25, 0.3) is 0 Å². The molecule has 6 nitrogen and oxygen atoms in total. The van der Waals surface area contributed by atoms with Gasteiger partial charge < -0.3 is 9.47 Å². The minimum Gasteiger partial charge on any atom is -0.469 e. The van der Waals surface area contributed by atoms with Crippen molar-refractivity contribution in [1.29, 1.82) is 0 Å². The number of nitrogens with zero attached hydrogens (tertiary/aromatic N) is 1. The Morgan fingerprint density at radius 1 is 1.32 bits per heavy atom. The summed E-state index contributed by atoms with van der Waals surface area (Å²) in [5.74, 6) is -0.948. The molecule has 1 aliphatic carbocycles. The molecule has 0 aromatic rings. The highest BCUT2D eigenvalue weighted by Gasteiger charge is 2.43. The SMILES string of the molecule is COCCCN(C)S(=O)(=O)C1CCCC1C(=O)OC. The normalized spacial score (nSPS) is 23.8. The van der Waals surface area contributed by atoms with Gasteiger partial charge in [0, 0.05) is 27.3 Å². The molecule has 1 saturated carbocycles. The van der Waals surface area contributed by atoms with E-state index in [1.165, 1.54) is 11.4 Å². The molecule has 1 fully saturated rings. The Hall–Kier alpha value is -0.660. The predicted molar refractivity (Wildman–Crippen MR) is 71.2 cm³/mol. The third-order valence-electron chi connectivity index (χ3n) is 3.59. The van der Waals surface area contributed by atoms with Crippen LogP contribution in [0.5, 0.6) is 0 Å². The molecule has 1 aliphatic rings. The molecule has 0 bridgehead atoms. The van der Waals surface area contributed by atoms with Crippen LogP contribution in [-0.2, 0) is 24.3 Å². The second-order valence-corrected chi connectivity index (χ2v) is 7.07. The monoisotopic (exact) mass is 293 g/mol. The lowest BCUT2D eigenvalue weighted by molar-refractivity contribution is -0.145. The van der Waals surface area contributed by atoms with Crippen molar-refractivity contribution in [3.8, 4) is 0 Å². The maximum absolute atomic E-state index is 12.4. The van der Waals surface area contributed by atoms with Crippen molar-refractivity contribution >= 4 is 16.0 Å². The largest absolute Gasteiger partial charge is 0.469 e. The number of rotatable bonds is 7. The summed E-state index contributed by atoms with van der Waals surface area (Å²) >= 11 is 0. The first kappa shape index (κ1) is 16.4. The number of sulfonamides is 1. The van der Waals surface area contributed by atoms with Crippen molar-refractivity contribution in [2.45, 2.75) is 30.9 Å². The van der Waals surface area contributed by atoms with Gasteiger partial charge in [0.25, 0.3) is 0 Å². The van der Waals surface area contributed by atoms with Crippen LogP contribution < -0.4 is 0 Å². The summed E-state index contributed by atoms with van der Waals surface area (Å²) in [6.45, 7) is 0.922. The lowest BCUT2D eigenvalue weighted by atomic mass is 10.1. The summed E-state index contributed by atoms with van der Waals surface area (Å²) < 4.78 is 35.8. The molecular formula is C12H23NO5S. The van der Waals surface area contributed by atoms with E-state index in [1.807, 2.05) is 0 Å². The van der Waals surface area contributed by atoms with Crippen LogP contribution in [0.3, 0.4) is 0 Å². The average molecular weight is 293 g/mol. The highest BCUT2D eigenvalue weighted by atomic mass is 32.2. The topological polar surface area (TPSA) is 72.9 Å². The molecule has 0 saturated heterocycles. The van der Waals surface area contributed by atoms with Crippen molar-refractivity contribution in [3.05, 3.63) is 0 Å². The van der Waals surface area contributed by atoms with Gasteiger partial charge in [-0.05, 0) is 19.3 Å². The van der Waals surface area contributed by atoms with Crippen LogP contribution in [-0.4, -0.2) is 58.4 Å². The van der Waals surface area contributed by atoms with Gasteiger partial charge in [0.05, 0.1) is 18.3 Å². The van der Waals surface area contributed by atoms with Gasteiger partial charge in [-0.25, -0.2) is 12.7 Å². The summed E-state index contributed by atoms with van der Waals surface area (Å²) in [4.78, 5) is 11.6. The maximum Gasteiger partial charge on any atom is 0.310 e. The van der Waals surface area contributed by atoms with Crippen LogP contribution in [0, 0.1) is 5.92 Å². The molecule has 0 spiro atoms. The molecular weight excluding hydrogens is 270 g/mol. The minimum atomic E-state index is -3.45. The van der Waals surface area contributed by atoms with E-state index in [9.17, 15) is 13.2 Å². The summed E-state index contributed by atoms with van der Waals surface area (Å²) in [6, 6.07) is 0. The fraction of sp³-hybridized carbons (Fsp3) is 0.917. The van der Waals surface area contributed by atoms with Gasteiger partial charge in [-0.2, -0.15) is 0 Å². The Morgan fingerprint density at radius 3 is 2.58 bits per heavy atom. The van der Waals surface area contributed by atoms with Crippen molar-refractivity contribution in [2.24, 2.45) is 5.92 Å². The van der Waals surface area contributed by atoms with Crippen molar-refractivity contribution in [3.63, 3.8) is 0 Å². The molecule has 1 rings (SSSR count). The lowest BCUT2D eigenvalue weighted by Crippen LogP contribution is -2.41. The number of esters is 1. The van der Waals surface area contributed by atoms with E-state index in [1.54, 1.807) is 14.2 Å². The summed E-state index contributed by atoms with van der Waals surface area (Å²) in [5, 5.41) is -0.646. The molecule has 0 heterocycles. The first-order valence-corrected chi connectivity index (χ1v) is 7.97. The molecule has 112 valence electrons. The summed E-state index contributed by atoms with van der Waals surface area (Å²) in [6.07, 6.45) is 2.50. The number of hydrogen-bond acceptors (Lipinski definition) is 5. The number of ether oxygens (including phenoxy) is 2. The maximum atomic E-state index is 12.4. The van der Waals surface area contributed by atoms with Crippen LogP contribution in [0.2, 0.25) is 0 Å². The van der Waals surface area contributed by atoms with E-state index in [4.69, 9.17) is 9.47 Å². The molecule has 2 unspecified atom stereocenters. The first-order chi connectivity index (χ1) is 8.95. The molecule has 0 amide bonds. The van der Waals surface area contributed by atoms with E-state index in [2.05, 4.69) is 0 Å². The van der Waals surface area contributed by atoms with Gasteiger partial charge >= 0.3 is 5.97 Å². The zero-order chi connectivity index (χ0) is 14.5. The second kappa shape index (κ2) is 7.21. The van der Waals surface area contributed by atoms with E-state index in [0.717, 1.165) is 6.42 Å². The Labute approximate surface area is 115 Å². The first-order valence-electron chi connectivity index (χ1n) is 6.47. The van der Waals surface area contributed by atoms with Crippen LogP contribution in [0.4, 0.5) is 0 Å². The molecule has 0 aromatic heterocycles. The van der Waals surface area contributed by atoms with Crippen LogP contribution in [0.15, 0.2) is 0 Å². The van der Waals surface area contributed by atoms with Crippen LogP contribution >= 0.6 is 0 Å². The summed E-state index contributed by atoms with van der Waals surface area (Å²) in [7, 11) is 0.987. The van der Waals surface area contributed by atoms with Gasteiger partial charge in [0.15, 0.2) is 0 Å². The van der Waals surface area contributed by atoms with Gasteiger partial charge in [0.2, 0.25) is 10.0 Å². The number of carbonyl (C=O) groups is 1. The van der Waals surface area contributed by atoms with Crippen LogP contribution in [0.1, 0.15) is 25.7 Å². The van der Waals surface area contributed by atoms with E-state index in [-0.39, 0.29) is 0 Å². The lowest BCUT2D eigenvalue weighted by Gasteiger charge is -2.24. The number of methoxy groups -OCH3 is 2. The second-order valence-electron chi connectivity index (χ2n) is 4.81. The quantitative estimate of drug-likeness (QED) is 0.508. The standard InChI is InChI=1S/C12H23NO5S/c1-13(8-5-9-17-2)19(15,16)11-7-4-6-10(11)12(14)18-3/h10-11H,4-9H2,1-3H3. The highest BCUT2D eigenvalue weighted by Crippen LogP contribution is 2.33. The Morgan fingerprint density at radius 2 is 2.00 bits per heavy atom. The van der Waals surface area contributed by atoms with Gasteiger partial charge in [-0.15, -0.1) is 0 Å². The zero-order valence-electron chi connectivity index (χ0n) is 11.8. The average Bonchev–Trinajstić information content (AvgIpc) is 2.87. The van der Waals surface area contributed by atoms with E-state index < -0.39 is 27.2 Å². The Kier molecular flexibility index (Phi) is 6.22. The van der Waals surface area contributed by atoms with E-state index in [0.29, 0.717) is 32.4 Å². The molecule has 0 N–H and O–H groups in total. The van der Waals surface area contributed by atoms with Crippen molar-refractivity contribution < 1.29 is 22.7 Å². The molecule has 2 atom stereocenters. The van der Waals surface area contributed by atoms with Crippen molar-refractivity contribution in [2.75, 3.05) is 34.4 Å². The smallest absolute Gasteiger partial charge is 0.310 e. The van der Waals surface area contributed by atoms with E-state index >= 15 is 0 Å². The fourth-order valence-electron chi connectivity index (χ4n) is 2.49. The molecule has 19 heavy (non-hydrogen) atoms. The molecule has 0 radical (unpaired) electrons. The third-order valence-corrected chi connectivity index (χ3v) is 5.98. The molecule has 7 heteroatoms.